The zero-order chi connectivity index (χ0) is 35.4. The summed E-state index contributed by atoms with van der Waals surface area (Å²) in [6.07, 6.45) is 3.85. The van der Waals surface area contributed by atoms with Gasteiger partial charge in [0.1, 0.15) is 23.2 Å². The minimum atomic E-state index is -0.569. The second-order valence-electron chi connectivity index (χ2n) is 14.0. The minimum Gasteiger partial charge on any atom is -0.626 e. The van der Waals surface area contributed by atoms with Crippen molar-refractivity contribution in [1.29, 1.82) is 0 Å². The van der Waals surface area contributed by atoms with Crippen molar-refractivity contribution in [3.8, 4) is 11.5 Å². The fraction of sp³-hybridized carbons (Fsp3) is 0.529. The molecule has 8 aliphatic rings. The topological polar surface area (TPSA) is 186 Å². The number of carbonyl (C=O) groups excluding carboxylic acids is 4. The Morgan fingerprint density at radius 2 is 1.04 bits per heavy atom. The normalized spacial score (nSPS) is 28.6. The standard InChI is InChI=1S/2C17H20ClN3O4.H2O/c2*1-19-13-7-11(18)6-12(16(13)25-9-15(19)22)17(23)21(24)14-8-20-4-2-10(14)3-5-20;/h2*6-7,10,14,21H,2-5,8-9H2,1H3;1H2. The van der Waals surface area contributed by atoms with E-state index < -0.39 is 11.8 Å². The monoisotopic (exact) mass is 748 g/mol. The first-order valence-electron chi connectivity index (χ1n) is 17.0. The molecule has 4 unspecified atom stereocenters. The number of halogens is 2. The predicted octanol–water partition coefficient (Wildman–Crippen LogP) is -0.200. The van der Waals surface area contributed by atoms with Crippen LogP contribution in [0.3, 0.4) is 0 Å². The Morgan fingerprint density at radius 1 is 0.686 bits per heavy atom. The number of ether oxygens (including phenoxy) is 2. The van der Waals surface area contributed by atoms with Gasteiger partial charge in [-0.05, 0) is 76.1 Å². The first-order chi connectivity index (χ1) is 23.9. The Bertz CT molecular complexity index is 1590. The number of fused-ring (bicyclic) bond motifs is 8. The molecule has 6 saturated heterocycles. The Morgan fingerprint density at radius 3 is 1.35 bits per heavy atom. The van der Waals surface area contributed by atoms with Crippen molar-refractivity contribution in [2.45, 2.75) is 37.8 Å². The molecule has 10 rings (SSSR count). The van der Waals surface area contributed by atoms with Crippen molar-refractivity contribution in [3.05, 3.63) is 55.9 Å². The number of likely N-dealkylation sites (N-methyl/N-ethyl adjacent to an activating group) is 2. The summed E-state index contributed by atoms with van der Waals surface area (Å²) in [5.41, 5.74) is 1.16. The molecular weight excluding hydrogens is 707 g/mol. The van der Waals surface area contributed by atoms with Gasteiger partial charge in [0, 0.05) is 36.0 Å². The lowest BCUT2D eigenvalue weighted by molar-refractivity contribution is -0.796. The number of hydrogen-bond acceptors (Lipinski definition) is 10. The predicted molar refractivity (Wildman–Crippen MR) is 188 cm³/mol. The number of amides is 4. The van der Waals surface area contributed by atoms with Crippen LogP contribution in [0.2, 0.25) is 10.0 Å². The molecule has 15 nitrogen and oxygen atoms in total. The minimum absolute atomic E-state index is 0. The lowest BCUT2D eigenvalue weighted by atomic mass is 9.83. The molecule has 4 atom stereocenters. The molecule has 17 heteroatoms. The fourth-order valence-corrected chi connectivity index (χ4v) is 8.58. The lowest BCUT2D eigenvalue weighted by Crippen LogP contribution is -3.16. The number of quaternary nitrogens is 2. The number of rotatable bonds is 4. The summed E-state index contributed by atoms with van der Waals surface area (Å²) < 4.78 is 11.0. The van der Waals surface area contributed by atoms with Crippen LogP contribution in [0.25, 0.3) is 0 Å². The Hall–Kier alpha value is -3.38. The van der Waals surface area contributed by atoms with Crippen molar-refractivity contribution >= 4 is 58.2 Å². The second-order valence-corrected chi connectivity index (χ2v) is 14.8. The molecule has 4 bridgehead atoms. The molecule has 4 amide bonds. The molecule has 276 valence electrons. The van der Waals surface area contributed by atoms with E-state index in [1.165, 1.54) is 21.9 Å². The Balaban J connectivity index is 0.000000172. The molecule has 6 fully saturated rings. The van der Waals surface area contributed by atoms with Gasteiger partial charge in [0.15, 0.2) is 24.7 Å². The Labute approximate surface area is 305 Å². The van der Waals surface area contributed by atoms with E-state index >= 15 is 0 Å². The molecule has 8 heterocycles. The van der Waals surface area contributed by atoms with E-state index in [-0.39, 0.29) is 87.2 Å². The molecule has 0 aromatic heterocycles. The average molecular weight is 750 g/mol. The highest BCUT2D eigenvalue weighted by atomic mass is 35.5. The van der Waals surface area contributed by atoms with Crippen LogP contribution in [0, 0.1) is 22.3 Å². The van der Waals surface area contributed by atoms with Gasteiger partial charge in [0.2, 0.25) is 0 Å². The summed E-state index contributed by atoms with van der Waals surface area (Å²) in [6.45, 7) is 5.01. The van der Waals surface area contributed by atoms with Crippen molar-refractivity contribution in [3.63, 3.8) is 0 Å². The van der Waals surface area contributed by atoms with Gasteiger partial charge in [0.05, 0.1) is 24.5 Å². The highest BCUT2D eigenvalue weighted by Gasteiger charge is 2.43. The van der Waals surface area contributed by atoms with Crippen LogP contribution in [-0.4, -0.2) is 118 Å². The van der Waals surface area contributed by atoms with E-state index in [1.807, 2.05) is 0 Å². The maximum absolute atomic E-state index is 12.9. The summed E-state index contributed by atoms with van der Waals surface area (Å²) in [6, 6.07) is 5.56. The molecule has 4 N–H and O–H groups in total. The highest BCUT2D eigenvalue weighted by Crippen LogP contribution is 2.39. The number of anilines is 2. The van der Waals surface area contributed by atoms with Gasteiger partial charge < -0.3 is 45.3 Å². The summed E-state index contributed by atoms with van der Waals surface area (Å²) >= 11 is 12.3. The first kappa shape index (κ1) is 37.4. The first-order valence-corrected chi connectivity index (χ1v) is 17.7. The number of benzene rings is 2. The SMILES string of the molecule is CN1C(=O)COc2c(C(=O)[NH+]([O-])C3CN4CCC3CC4)cc(Cl)cc21.CN1C(=O)COc2c(C(=O)[NH+]([O-])C3CN4CCC3CC4)cc(Cl)cc21.O. The van der Waals surface area contributed by atoms with Crippen LogP contribution >= 0.6 is 23.2 Å². The van der Waals surface area contributed by atoms with Crippen LogP contribution < -0.4 is 29.4 Å². The van der Waals surface area contributed by atoms with Crippen molar-refractivity contribution in [1.82, 2.24) is 9.80 Å². The maximum Gasteiger partial charge on any atom is 0.348 e. The molecule has 0 saturated carbocycles. The lowest BCUT2D eigenvalue weighted by Gasteiger charge is -2.47. The van der Waals surface area contributed by atoms with Gasteiger partial charge in [-0.1, -0.05) is 23.2 Å². The average Bonchev–Trinajstić information content (AvgIpc) is 3.14. The van der Waals surface area contributed by atoms with Crippen molar-refractivity contribution in [2.24, 2.45) is 11.8 Å². The molecule has 0 aliphatic carbocycles. The van der Waals surface area contributed by atoms with Crippen LogP contribution in [0.5, 0.6) is 11.5 Å². The number of carbonyl (C=O) groups is 4. The number of hydrogen-bond donors (Lipinski definition) is 2. The second kappa shape index (κ2) is 14.9. The summed E-state index contributed by atoms with van der Waals surface area (Å²) in [5, 5.41) is 25.6. The van der Waals surface area contributed by atoms with Gasteiger partial charge in [-0.2, -0.15) is 0 Å². The van der Waals surface area contributed by atoms with E-state index in [0.29, 0.717) is 34.5 Å². The maximum atomic E-state index is 12.9. The Kier molecular flexibility index (Phi) is 10.9. The van der Waals surface area contributed by atoms with E-state index in [1.54, 1.807) is 26.2 Å². The largest absolute Gasteiger partial charge is 0.626 e. The van der Waals surface area contributed by atoms with Crippen molar-refractivity contribution < 1.29 is 44.3 Å². The van der Waals surface area contributed by atoms with Crippen LogP contribution in [0.1, 0.15) is 46.4 Å². The number of piperidine rings is 6. The van der Waals surface area contributed by atoms with Gasteiger partial charge in [-0.25, -0.2) is 9.59 Å². The summed E-state index contributed by atoms with van der Waals surface area (Å²) in [4.78, 5) is 56.8. The third-order valence-electron chi connectivity index (χ3n) is 11.1. The van der Waals surface area contributed by atoms with Gasteiger partial charge in [-0.15, -0.1) is 0 Å². The summed E-state index contributed by atoms with van der Waals surface area (Å²) in [5.74, 6) is -0.491. The third-order valence-corrected chi connectivity index (χ3v) is 11.6. The van der Waals surface area contributed by atoms with Gasteiger partial charge >= 0.3 is 11.8 Å². The smallest absolute Gasteiger partial charge is 0.348 e. The van der Waals surface area contributed by atoms with E-state index in [2.05, 4.69) is 9.80 Å². The fourth-order valence-electron chi connectivity index (χ4n) is 8.15. The van der Waals surface area contributed by atoms with Gasteiger partial charge in [0.25, 0.3) is 11.8 Å². The zero-order valence-corrected chi connectivity index (χ0v) is 29.9. The zero-order valence-electron chi connectivity index (χ0n) is 28.4. The molecule has 8 aliphatic heterocycles. The highest BCUT2D eigenvalue weighted by molar-refractivity contribution is 6.32. The quantitative estimate of drug-likeness (QED) is 0.397. The molecule has 2 aromatic carbocycles. The molecule has 51 heavy (non-hydrogen) atoms. The molecular formula is C34H42Cl2N6O9. The van der Waals surface area contributed by atoms with Crippen LogP contribution in [0.4, 0.5) is 11.4 Å². The van der Waals surface area contributed by atoms with E-state index in [0.717, 1.165) is 51.9 Å². The number of nitrogens with one attached hydrogen (secondary N) is 2. The van der Waals surface area contributed by atoms with E-state index in [9.17, 15) is 29.6 Å². The molecule has 0 radical (unpaired) electrons. The van der Waals surface area contributed by atoms with Crippen LogP contribution in [0.15, 0.2) is 24.3 Å². The van der Waals surface area contributed by atoms with Crippen LogP contribution in [-0.2, 0) is 9.59 Å². The summed E-state index contributed by atoms with van der Waals surface area (Å²) in [7, 11) is 3.20. The van der Waals surface area contributed by atoms with E-state index in [4.69, 9.17) is 32.7 Å². The third kappa shape index (κ3) is 7.06. The van der Waals surface area contributed by atoms with Gasteiger partial charge in [-0.3, -0.25) is 19.4 Å². The van der Waals surface area contributed by atoms with Crippen molar-refractivity contribution in [2.75, 3.05) is 76.4 Å². The molecule has 2 aromatic rings. The number of hydroxylamine groups is 4. The number of nitrogens with zero attached hydrogens (tertiary/aromatic N) is 4. The molecule has 0 spiro atoms.